The summed E-state index contributed by atoms with van der Waals surface area (Å²) in [7, 11) is 0. The number of rotatable bonds is 10. The van der Waals surface area contributed by atoms with Crippen molar-refractivity contribution in [1.82, 2.24) is 0 Å². The molecule has 0 saturated carbocycles. The highest BCUT2D eigenvalue weighted by molar-refractivity contribution is 4.94. The number of ether oxygens (including phenoxy) is 7. The molecule has 4 saturated heterocycles. The van der Waals surface area contributed by atoms with Crippen molar-refractivity contribution in [2.75, 3.05) is 33.0 Å². The van der Waals surface area contributed by atoms with Crippen LogP contribution in [-0.4, -0.2) is 221 Å². The molecule has 4 fully saturated rings. The van der Waals surface area contributed by atoms with Gasteiger partial charge in [0.1, 0.15) is 73.2 Å². The first-order chi connectivity index (χ1) is 22.7. The van der Waals surface area contributed by atoms with Gasteiger partial charge in [-0.3, -0.25) is 0 Å². The van der Waals surface area contributed by atoms with Gasteiger partial charge in [0.05, 0.1) is 51.3 Å². The van der Waals surface area contributed by atoms with Gasteiger partial charge in [-0.05, 0) is 0 Å². The highest BCUT2D eigenvalue weighted by Crippen LogP contribution is 2.31. The zero-order chi connectivity index (χ0) is 35.4. The van der Waals surface area contributed by atoms with Gasteiger partial charge in [0.25, 0.3) is 0 Å². The van der Waals surface area contributed by atoms with Crippen LogP contribution >= 0.6 is 0 Å². The van der Waals surface area contributed by atoms with Crippen LogP contribution in [0.1, 0.15) is 12.8 Å². The van der Waals surface area contributed by atoms with E-state index in [0.717, 1.165) is 0 Å². The van der Waals surface area contributed by atoms with Crippen LogP contribution in [0.3, 0.4) is 0 Å². The first kappa shape index (κ1) is 39.9. The maximum atomic E-state index is 11.1. The molecule has 0 radical (unpaired) electrons. The van der Waals surface area contributed by atoms with Gasteiger partial charge in [-0.15, -0.1) is 0 Å². The van der Waals surface area contributed by atoms with Gasteiger partial charge in [0.2, 0.25) is 0 Å². The fraction of sp³-hybridized carbons (Fsp3) is 1.00. The summed E-state index contributed by atoms with van der Waals surface area (Å²) in [6.07, 6.45) is -32.2. The van der Waals surface area contributed by atoms with Gasteiger partial charge in [0.15, 0.2) is 25.2 Å². The molecule has 4 heterocycles. The van der Waals surface area contributed by atoms with E-state index in [2.05, 4.69) is 0 Å². The predicted octanol–water partition coefficient (Wildman–Crippen LogP) is -8.72. The van der Waals surface area contributed by atoms with E-state index in [0.29, 0.717) is 0 Å². The molecular weight excluding hydrogens is 660 g/mol. The van der Waals surface area contributed by atoms with Crippen LogP contribution in [0.5, 0.6) is 0 Å². The molecule has 0 aromatic heterocycles. The number of aliphatic hydroxyl groups is 14. The average Bonchev–Trinajstić information content (AvgIpc) is 3.16. The largest absolute Gasteiger partial charge is 0.394 e. The first-order valence-electron chi connectivity index (χ1n) is 15.5. The van der Waals surface area contributed by atoms with Gasteiger partial charge in [-0.1, -0.05) is 0 Å². The second-order valence-electron chi connectivity index (χ2n) is 12.4. The number of hydrogen-bond donors (Lipinski definition) is 14. The monoisotopic (exact) mass is 708 g/mol. The first-order valence-corrected chi connectivity index (χ1v) is 15.5. The average molecular weight is 709 g/mol. The number of aliphatic hydroxyl groups excluding tert-OH is 14. The van der Waals surface area contributed by atoms with E-state index >= 15 is 0 Å². The van der Waals surface area contributed by atoms with Crippen molar-refractivity contribution >= 4 is 0 Å². The van der Waals surface area contributed by atoms with Gasteiger partial charge in [-0.25, -0.2) is 0 Å². The summed E-state index contributed by atoms with van der Waals surface area (Å²) in [4.78, 5) is 0. The van der Waals surface area contributed by atoms with Crippen LogP contribution in [0, 0.1) is 5.92 Å². The molecule has 0 bridgehead atoms. The van der Waals surface area contributed by atoms with Gasteiger partial charge in [-0.2, -0.15) is 0 Å². The Hall–Kier alpha value is -0.840. The van der Waals surface area contributed by atoms with E-state index < -0.39 is 169 Å². The molecule has 0 amide bonds. The Kier molecular flexibility index (Phi) is 14.6. The summed E-state index contributed by atoms with van der Waals surface area (Å²) < 4.78 is 38.6. The summed E-state index contributed by atoms with van der Waals surface area (Å²) in [5.41, 5.74) is 0. The summed E-state index contributed by atoms with van der Waals surface area (Å²) in [6.45, 7) is -3.11. The van der Waals surface area contributed by atoms with E-state index in [1.807, 2.05) is 0 Å². The third kappa shape index (κ3) is 9.14. The summed E-state index contributed by atoms with van der Waals surface area (Å²) >= 11 is 0. The second kappa shape index (κ2) is 17.6. The minimum atomic E-state index is -1.97. The quantitative estimate of drug-likeness (QED) is 0.100. The van der Waals surface area contributed by atoms with Crippen LogP contribution in [-0.2, 0) is 33.2 Å². The van der Waals surface area contributed by atoms with Crippen molar-refractivity contribution in [1.29, 1.82) is 0 Å². The third-order valence-corrected chi connectivity index (χ3v) is 8.91. The van der Waals surface area contributed by atoms with E-state index in [1.54, 1.807) is 0 Å². The van der Waals surface area contributed by atoms with Gasteiger partial charge >= 0.3 is 0 Å². The molecule has 4 rings (SSSR count). The van der Waals surface area contributed by atoms with Crippen LogP contribution in [0.2, 0.25) is 0 Å². The lowest BCUT2D eigenvalue weighted by Gasteiger charge is -2.45. The van der Waals surface area contributed by atoms with Gasteiger partial charge in [0, 0.05) is 18.8 Å². The fourth-order valence-corrected chi connectivity index (χ4v) is 5.90. The van der Waals surface area contributed by atoms with Crippen LogP contribution in [0.4, 0.5) is 0 Å². The molecule has 21 nitrogen and oxygen atoms in total. The summed E-state index contributed by atoms with van der Waals surface area (Å²) in [5, 5.41) is 144. The molecule has 21 heteroatoms. The highest BCUT2D eigenvalue weighted by atomic mass is 16.7. The van der Waals surface area contributed by atoms with Gasteiger partial charge < -0.3 is 105 Å². The lowest BCUT2D eigenvalue weighted by atomic mass is 9.92. The second-order valence-corrected chi connectivity index (χ2v) is 12.4. The standard InChI is InChI=1S/C27H48O21/c28-3-12-16(34)9(30)1-11(32)25(45-12)43-6-8-5-42-15(33)2-10(31)17(35)24(8)48-27-23(41)21(39)19(37)14(47-27)7-44-26-22(40)20(38)18(36)13(4-29)46-26/h8-41H,1-7H2/t8?,9?,10?,11?,12?,13?,14?,15-,16-,17?,18+,19-,20?,21?,22?,23?,24-,25+,26+,27+/m1/s1. The molecule has 48 heavy (non-hydrogen) atoms. The Morgan fingerprint density at radius 2 is 1.00 bits per heavy atom. The fourth-order valence-electron chi connectivity index (χ4n) is 5.90. The normalized spacial score (nSPS) is 51.1. The van der Waals surface area contributed by atoms with Crippen molar-refractivity contribution in [3.63, 3.8) is 0 Å². The minimum Gasteiger partial charge on any atom is -0.394 e. The molecule has 0 aliphatic carbocycles. The van der Waals surface area contributed by atoms with E-state index in [-0.39, 0.29) is 0 Å². The summed E-state index contributed by atoms with van der Waals surface area (Å²) in [6, 6.07) is 0. The lowest BCUT2D eigenvalue weighted by Crippen LogP contribution is -2.63. The molecule has 12 unspecified atom stereocenters. The van der Waals surface area contributed by atoms with E-state index in [9.17, 15) is 71.5 Å². The van der Waals surface area contributed by atoms with E-state index in [1.165, 1.54) is 0 Å². The smallest absolute Gasteiger partial charge is 0.187 e. The Bertz CT molecular complexity index is 964. The third-order valence-electron chi connectivity index (χ3n) is 8.91. The van der Waals surface area contributed by atoms with Crippen molar-refractivity contribution in [3.05, 3.63) is 0 Å². The van der Waals surface area contributed by atoms with Crippen molar-refractivity contribution in [3.8, 4) is 0 Å². The van der Waals surface area contributed by atoms with Crippen LogP contribution in [0.25, 0.3) is 0 Å². The number of hydrogen-bond acceptors (Lipinski definition) is 21. The van der Waals surface area contributed by atoms with Crippen molar-refractivity contribution in [2.24, 2.45) is 5.92 Å². The Labute approximate surface area is 273 Å². The van der Waals surface area contributed by atoms with Crippen LogP contribution in [0.15, 0.2) is 0 Å². The molecule has 14 N–H and O–H groups in total. The lowest BCUT2D eigenvalue weighted by molar-refractivity contribution is -0.346. The molecule has 282 valence electrons. The predicted molar refractivity (Wildman–Crippen MR) is 148 cm³/mol. The van der Waals surface area contributed by atoms with Crippen molar-refractivity contribution in [2.45, 2.75) is 130 Å². The SMILES string of the molecule is OCC1O[C@H](OCC2CO[C@@H](O)CC(O)C(O)[C@@H]2O[C@@H]2OC(CO[C@H]3OC(CO)[C@H](O)C(O)C3O)[C@@H](O)C(O)C2O)C(O)CC(O)[C@H]1O. The topological polar surface area (TPSA) is 348 Å². The molecule has 0 aromatic rings. The van der Waals surface area contributed by atoms with Crippen LogP contribution < -0.4 is 0 Å². The molecular formula is C27H48O21. The maximum absolute atomic E-state index is 11.1. The molecule has 20 atom stereocenters. The minimum absolute atomic E-state index is 0.404. The van der Waals surface area contributed by atoms with Crippen molar-refractivity contribution < 1.29 is 105 Å². The highest BCUT2D eigenvalue weighted by Gasteiger charge is 2.50. The molecule has 0 spiro atoms. The Balaban J connectivity index is 1.48. The molecule has 4 aliphatic rings. The zero-order valence-electron chi connectivity index (χ0n) is 25.6. The maximum Gasteiger partial charge on any atom is 0.187 e. The molecule has 4 aliphatic heterocycles. The Morgan fingerprint density at radius 3 is 1.65 bits per heavy atom. The summed E-state index contributed by atoms with van der Waals surface area (Å²) in [5.74, 6) is -1.16. The Morgan fingerprint density at radius 1 is 0.479 bits per heavy atom. The van der Waals surface area contributed by atoms with E-state index in [4.69, 9.17) is 33.2 Å². The molecule has 0 aromatic carbocycles. The zero-order valence-corrected chi connectivity index (χ0v) is 25.6.